The number of benzene rings is 3. The molecule has 7 heteroatoms. The van der Waals surface area contributed by atoms with Crippen molar-refractivity contribution in [3.05, 3.63) is 93.4 Å². The highest BCUT2D eigenvalue weighted by Gasteiger charge is 2.20. The lowest BCUT2D eigenvalue weighted by atomic mass is 10.1. The summed E-state index contributed by atoms with van der Waals surface area (Å²) in [4.78, 5) is 17.8. The Bertz CT molecular complexity index is 1420. The van der Waals surface area contributed by atoms with Crippen molar-refractivity contribution >= 4 is 62.6 Å². The minimum Gasteiger partial charge on any atom is -0.454 e. The Kier molecular flexibility index (Phi) is 5.06. The van der Waals surface area contributed by atoms with Gasteiger partial charge >= 0.3 is 5.97 Å². The molecule has 0 unspecified atom stereocenters. The number of aromatic nitrogens is 1. The molecule has 0 aliphatic rings. The molecule has 0 aliphatic heterocycles. The van der Waals surface area contributed by atoms with Gasteiger partial charge in [0.15, 0.2) is 11.5 Å². The van der Waals surface area contributed by atoms with Crippen LogP contribution in [0.5, 0.6) is 5.75 Å². The number of halogens is 3. The van der Waals surface area contributed by atoms with Crippen LogP contribution in [0, 0.1) is 0 Å². The normalized spacial score (nSPS) is 11.2. The largest absolute Gasteiger partial charge is 0.454 e. The molecule has 2 aromatic heterocycles. The van der Waals surface area contributed by atoms with Gasteiger partial charge in [-0.15, -0.1) is 0 Å². The van der Waals surface area contributed by atoms with E-state index in [1.165, 1.54) is 12.1 Å². The van der Waals surface area contributed by atoms with Gasteiger partial charge in [-0.2, -0.15) is 0 Å². The summed E-state index contributed by atoms with van der Waals surface area (Å²) in [5.74, 6) is -0.0328. The lowest BCUT2D eigenvalue weighted by molar-refractivity contribution is 0.0737. The highest BCUT2D eigenvalue weighted by molar-refractivity contribution is 6.40. The molecule has 0 atom stereocenters. The summed E-state index contributed by atoms with van der Waals surface area (Å²) < 4.78 is 11.5. The number of carbonyl (C=O) groups excluding carboxylic acids is 1. The molecule has 0 saturated heterocycles. The number of hydrogen-bond acceptors (Lipinski definition) is 4. The van der Waals surface area contributed by atoms with Crippen LogP contribution in [0.25, 0.3) is 33.3 Å². The molecule has 0 bridgehead atoms. The molecule has 0 spiro atoms. The molecule has 2 heterocycles. The Morgan fingerprint density at radius 2 is 1.58 bits per heavy atom. The monoisotopic (exact) mass is 467 g/mol. The van der Waals surface area contributed by atoms with Crippen LogP contribution in [0.1, 0.15) is 10.4 Å². The molecule has 0 fully saturated rings. The van der Waals surface area contributed by atoms with Crippen LogP contribution < -0.4 is 4.74 Å². The number of ether oxygens (including phenoxy) is 1. The number of hydrogen-bond donors (Lipinski definition) is 0. The van der Waals surface area contributed by atoms with Crippen LogP contribution in [0.4, 0.5) is 0 Å². The van der Waals surface area contributed by atoms with Crippen LogP contribution in [-0.4, -0.2) is 11.0 Å². The number of furan rings is 1. The summed E-state index contributed by atoms with van der Waals surface area (Å²) in [5.41, 5.74) is 2.18. The topological polar surface area (TPSA) is 52.3 Å². The fourth-order valence-electron chi connectivity index (χ4n) is 3.35. The zero-order chi connectivity index (χ0) is 21.5. The first-order valence-corrected chi connectivity index (χ1v) is 10.4. The molecular weight excluding hydrogens is 457 g/mol. The molecule has 0 radical (unpaired) electrons. The third kappa shape index (κ3) is 3.74. The maximum absolute atomic E-state index is 13.1. The van der Waals surface area contributed by atoms with Gasteiger partial charge in [-0.3, -0.25) is 0 Å². The van der Waals surface area contributed by atoms with Crippen molar-refractivity contribution in [2.45, 2.75) is 0 Å². The van der Waals surface area contributed by atoms with Crippen molar-refractivity contribution in [3.63, 3.8) is 0 Å². The van der Waals surface area contributed by atoms with Crippen LogP contribution in [0.15, 0.2) is 77.2 Å². The zero-order valence-corrected chi connectivity index (χ0v) is 18.0. The van der Waals surface area contributed by atoms with Crippen LogP contribution in [0.3, 0.4) is 0 Å². The fourth-order valence-corrected chi connectivity index (χ4v) is 4.25. The van der Waals surface area contributed by atoms with E-state index < -0.39 is 5.97 Å². The van der Waals surface area contributed by atoms with Crippen molar-refractivity contribution < 1.29 is 13.9 Å². The predicted octanol–water partition coefficient (Wildman–Crippen LogP) is 7.83. The highest BCUT2D eigenvalue weighted by atomic mass is 35.5. The van der Waals surface area contributed by atoms with Gasteiger partial charge in [0.1, 0.15) is 11.3 Å². The average Bonchev–Trinajstić information content (AvgIpc) is 3.19. The molecule has 5 rings (SSSR count). The summed E-state index contributed by atoms with van der Waals surface area (Å²) in [6.07, 6.45) is 0. The quantitative estimate of drug-likeness (QED) is 0.200. The van der Waals surface area contributed by atoms with E-state index >= 15 is 0 Å². The summed E-state index contributed by atoms with van der Waals surface area (Å²) >= 11 is 18.3. The summed E-state index contributed by atoms with van der Waals surface area (Å²) in [6, 6.07) is 21.4. The Balaban J connectivity index is 1.63. The third-order valence-corrected chi connectivity index (χ3v) is 5.55. The van der Waals surface area contributed by atoms with Crippen LogP contribution in [0.2, 0.25) is 15.1 Å². The summed E-state index contributed by atoms with van der Waals surface area (Å²) in [6.45, 7) is 0. The van der Waals surface area contributed by atoms with Gasteiger partial charge in [-0.05, 0) is 36.4 Å². The van der Waals surface area contributed by atoms with Crippen molar-refractivity contribution in [1.29, 1.82) is 0 Å². The molecular formula is C24H12Cl3NO3. The molecule has 3 aromatic carbocycles. The molecule has 0 amide bonds. The van der Waals surface area contributed by atoms with Crippen LogP contribution in [-0.2, 0) is 0 Å². The number of fused-ring (bicyclic) bond motifs is 2. The van der Waals surface area contributed by atoms with E-state index in [0.29, 0.717) is 32.9 Å². The van der Waals surface area contributed by atoms with E-state index in [1.807, 2.05) is 48.5 Å². The molecule has 152 valence electrons. The summed E-state index contributed by atoms with van der Waals surface area (Å²) in [5, 5.41) is 2.20. The van der Waals surface area contributed by atoms with Crippen molar-refractivity contribution in [3.8, 4) is 17.2 Å². The lowest BCUT2D eigenvalue weighted by Gasteiger charge is -2.11. The number of esters is 1. The molecule has 31 heavy (non-hydrogen) atoms. The van der Waals surface area contributed by atoms with E-state index in [-0.39, 0.29) is 15.8 Å². The number of para-hydroxylation sites is 2. The Labute approximate surface area is 191 Å². The minimum atomic E-state index is -0.623. The molecule has 0 saturated carbocycles. The van der Waals surface area contributed by atoms with Gasteiger partial charge in [0.25, 0.3) is 0 Å². The zero-order valence-electron chi connectivity index (χ0n) is 15.7. The molecule has 4 nitrogen and oxygen atoms in total. The summed E-state index contributed by atoms with van der Waals surface area (Å²) in [7, 11) is 0. The van der Waals surface area contributed by atoms with Crippen molar-refractivity contribution in [2.75, 3.05) is 0 Å². The van der Waals surface area contributed by atoms with Crippen molar-refractivity contribution in [1.82, 2.24) is 4.98 Å². The first-order valence-electron chi connectivity index (χ1n) is 9.25. The first-order chi connectivity index (χ1) is 15.0. The van der Waals surface area contributed by atoms with Gasteiger partial charge in [0, 0.05) is 15.8 Å². The van der Waals surface area contributed by atoms with Gasteiger partial charge in [0.05, 0.1) is 21.1 Å². The second-order valence-corrected chi connectivity index (χ2v) is 8.06. The maximum Gasteiger partial charge on any atom is 0.344 e. The third-order valence-electron chi connectivity index (χ3n) is 4.77. The smallest absolute Gasteiger partial charge is 0.344 e. The van der Waals surface area contributed by atoms with Crippen molar-refractivity contribution in [2.24, 2.45) is 0 Å². The highest BCUT2D eigenvalue weighted by Crippen LogP contribution is 2.37. The Morgan fingerprint density at radius 3 is 2.35 bits per heavy atom. The van der Waals surface area contributed by atoms with Gasteiger partial charge < -0.3 is 9.15 Å². The number of rotatable bonds is 3. The maximum atomic E-state index is 13.1. The Hall–Kier alpha value is -3.05. The van der Waals surface area contributed by atoms with Gasteiger partial charge in [-0.1, -0.05) is 71.2 Å². The fraction of sp³-hybridized carbons (Fsp3) is 0. The first kappa shape index (κ1) is 19.9. The molecule has 0 aliphatic carbocycles. The van der Waals surface area contributed by atoms with E-state index in [2.05, 4.69) is 4.98 Å². The van der Waals surface area contributed by atoms with E-state index in [4.69, 9.17) is 44.0 Å². The second kappa shape index (κ2) is 7.89. The number of pyridine rings is 1. The van der Waals surface area contributed by atoms with Gasteiger partial charge in [0.2, 0.25) is 0 Å². The van der Waals surface area contributed by atoms with E-state index in [0.717, 1.165) is 11.0 Å². The molecule has 5 aromatic rings. The SMILES string of the molecule is O=C(Oc1c(Cl)cc(Cl)cc1Cl)c1cc(-c2cc3ccccc3o2)nc2ccccc12. The number of carbonyl (C=O) groups is 1. The van der Waals surface area contributed by atoms with Crippen LogP contribution >= 0.6 is 34.8 Å². The van der Waals surface area contributed by atoms with E-state index in [9.17, 15) is 4.79 Å². The lowest BCUT2D eigenvalue weighted by Crippen LogP contribution is -2.10. The Morgan fingerprint density at radius 1 is 0.871 bits per heavy atom. The van der Waals surface area contributed by atoms with E-state index in [1.54, 1.807) is 12.1 Å². The predicted molar refractivity (Wildman–Crippen MR) is 123 cm³/mol. The standard InChI is InChI=1S/C24H12Cl3NO3/c25-14-10-17(26)23(18(27)11-14)31-24(29)16-12-20(28-19-7-3-2-6-15(16)19)22-9-13-5-1-4-8-21(13)30-22/h1-12H. The number of nitrogens with zero attached hydrogens (tertiary/aromatic N) is 1. The minimum absolute atomic E-state index is 0.0453. The second-order valence-electron chi connectivity index (χ2n) is 6.81. The average molecular weight is 469 g/mol. The molecule has 0 N–H and O–H groups in total. The van der Waals surface area contributed by atoms with Gasteiger partial charge in [-0.25, -0.2) is 9.78 Å².